The molecule has 0 saturated heterocycles. The van der Waals surface area contributed by atoms with E-state index in [-0.39, 0.29) is 11.2 Å². The van der Waals surface area contributed by atoms with Gasteiger partial charge in [0, 0.05) is 5.56 Å². The van der Waals surface area contributed by atoms with E-state index >= 15 is 0 Å². The molecule has 33 heavy (non-hydrogen) atoms. The van der Waals surface area contributed by atoms with E-state index in [4.69, 9.17) is 14.2 Å². The summed E-state index contributed by atoms with van der Waals surface area (Å²) in [6.07, 6.45) is 3.31. The van der Waals surface area contributed by atoms with Crippen LogP contribution in [0, 0.1) is 11.2 Å². The van der Waals surface area contributed by atoms with Crippen molar-refractivity contribution in [2.45, 2.75) is 45.3 Å². The molecule has 0 heterocycles. The molecule has 0 radical (unpaired) electrons. The number of halogens is 1. The lowest BCUT2D eigenvalue weighted by molar-refractivity contribution is 0.0410. The van der Waals surface area contributed by atoms with Crippen molar-refractivity contribution < 1.29 is 23.7 Å². The van der Waals surface area contributed by atoms with Crippen molar-refractivity contribution >= 4 is 0 Å². The highest BCUT2D eigenvalue weighted by Crippen LogP contribution is 2.49. The standard InChI is InChI=1S/C28H31FO4/c1-28(14-4-5-15-28)27(30)25-17-22(33-18-19-6-8-20(31-2)9-7-19)10-12-23(25)24-16-21(32-3)11-13-26(24)29/h6-13,16-17,27,30H,4-5,14-15,18H2,1-3H3. The van der Waals surface area contributed by atoms with Gasteiger partial charge in [0.05, 0.1) is 20.3 Å². The van der Waals surface area contributed by atoms with Gasteiger partial charge in [0.2, 0.25) is 0 Å². The highest BCUT2D eigenvalue weighted by atomic mass is 19.1. The minimum atomic E-state index is -0.731. The van der Waals surface area contributed by atoms with Crippen LogP contribution in [0.25, 0.3) is 11.1 Å². The van der Waals surface area contributed by atoms with E-state index in [2.05, 4.69) is 6.92 Å². The molecule has 1 N–H and O–H groups in total. The molecular formula is C28H31FO4. The van der Waals surface area contributed by atoms with E-state index in [0.29, 0.717) is 34.8 Å². The molecule has 1 fully saturated rings. The van der Waals surface area contributed by atoms with Crippen molar-refractivity contribution in [2.75, 3.05) is 14.2 Å². The summed E-state index contributed by atoms with van der Waals surface area (Å²) in [5.41, 5.74) is 2.50. The molecule has 0 aromatic heterocycles. The van der Waals surface area contributed by atoms with Gasteiger partial charge in [-0.1, -0.05) is 38.0 Å². The van der Waals surface area contributed by atoms with E-state index in [0.717, 1.165) is 37.0 Å². The second kappa shape index (κ2) is 9.84. The number of ether oxygens (including phenoxy) is 3. The van der Waals surface area contributed by atoms with Gasteiger partial charge in [0.25, 0.3) is 0 Å². The SMILES string of the molecule is COc1ccc(COc2ccc(-c3cc(OC)ccc3F)c(C(O)C3(C)CCCC3)c2)cc1. The Hall–Kier alpha value is -3.05. The fourth-order valence-electron chi connectivity index (χ4n) is 4.66. The van der Waals surface area contributed by atoms with Gasteiger partial charge in [-0.15, -0.1) is 0 Å². The molecule has 1 aliphatic carbocycles. The third-order valence-corrected chi connectivity index (χ3v) is 6.75. The lowest BCUT2D eigenvalue weighted by Crippen LogP contribution is -2.22. The Morgan fingerprint density at radius 3 is 2.15 bits per heavy atom. The maximum Gasteiger partial charge on any atom is 0.131 e. The first-order chi connectivity index (χ1) is 15.9. The highest BCUT2D eigenvalue weighted by molar-refractivity contribution is 5.71. The van der Waals surface area contributed by atoms with Crippen LogP contribution in [0.5, 0.6) is 17.2 Å². The molecule has 0 aliphatic heterocycles. The zero-order valence-electron chi connectivity index (χ0n) is 19.4. The van der Waals surface area contributed by atoms with Crippen molar-refractivity contribution in [1.29, 1.82) is 0 Å². The van der Waals surface area contributed by atoms with Gasteiger partial charge in [-0.2, -0.15) is 0 Å². The van der Waals surface area contributed by atoms with Crippen LogP contribution in [-0.2, 0) is 6.61 Å². The Labute approximate surface area is 194 Å². The van der Waals surface area contributed by atoms with Crippen LogP contribution < -0.4 is 14.2 Å². The van der Waals surface area contributed by atoms with Crippen molar-refractivity contribution in [1.82, 2.24) is 0 Å². The average Bonchev–Trinajstić information content (AvgIpc) is 3.30. The number of benzene rings is 3. The minimum absolute atomic E-state index is 0.251. The van der Waals surface area contributed by atoms with E-state index in [1.165, 1.54) is 6.07 Å². The molecule has 1 aliphatic rings. The quantitative estimate of drug-likeness (QED) is 0.415. The zero-order chi connectivity index (χ0) is 23.4. The van der Waals surface area contributed by atoms with Crippen LogP contribution in [0.1, 0.15) is 49.8 Å². The predicted molar refractivity (Wildman–Crippen MR) is 127 cm³/mol. The summed E-state index contributed by atoms with van der Waals surface area (Å²) in [5.74, 6) is 1.64. The summed E-state index contributed by atoms with van der Waals surface area (Å²) in [6, 6.07) is 17.9. The van der Waals surface area contributed by atoms with Gasteiger partial charge in [-0.3, -0.25) is 0 Å². The summed E-state index contributed by atoms with van der Waals surface area (Å²) in [7, 11) is 3.19. The monoisotopic (exact) mass is 450 g/mol. The number of hydrogen-bond acceptors (Lipinski definition) is 4. The van der Waals surface area contributed by atoms with Gasteiger partial charge in [-0.05, 0) is 77.4 Å². The third kappa shape index (κ3) is 4.98. The predicted octanol–water partition coefficient (Wildman–Crippen LogP) is 6.70. The molecule has 1 unspecified atom stereocenters. The fraction of sp³-hybridized carbons (Fsp3) is 0.357. The van der Waals surface area contributed by atoms with Gasteiger partial charge in [0.15, 0.2) is 0 Å². The summed E-state index contributed by atoms with van der Waals surface area (Å²) in [5, 5.41) is 11.5. The van der Waals surface area contributed by atoms with Crippen LogP contribution in [0.3, 0.4) is 0 Å². The van der Waals surface area contributed by atoms with Crippen LogP contribution in [0.2, 0.25) is 0 Å². The maximum absolute atomic E-state index is 14.9. The second-order valence-corrected chi connectivity index (χ2v) is 9.00. The fourth-order valence-corrected chi connectivity index (χ4v) is 4.66. The molecule has 174 valence electrons. The summed E-state index contributed by atoms with van der Waals surface area (Å²) >= 11 is 0. The van der Waals surface area contributed by atoms with E-state index < -0.39 is 6.10 Å². The van der Waals surface area contributed by atoms with E-state index in [9.17, 15) is 9.50 Å². The van der Waals surface area contributed by atoms with Gasteiger partial charge >= 0.3 is 0 Å². The van der Waals surface area contributed by atoms with Crippen molar-refractivity contribution in [3.05, 3.63) is 77.6 Å². The lowest BCUT2D eigenvalue weighted by Gasteiger charge is -2.32. The summed E-state index contributed by atoms with van der Waals surface area (Å²) in [4.78, 5) is 0. The molecule has 4 nitrogen and oxygen atoms in total. The molecule has 3 aromatic carbocycles. The van der Waals surface area contributed by atoms with Crippen LogP contribution in [-0.4, -0.2) is 19.3 Å². The molecule has 0 bridgehead atoms. The highest BCUT2D eigenvalue weighted by Gasteiger charge is 2.38. The van der Waals surface area contributed by atoms with Crippen molar-refractivity contribution in [2.24, 2.45) is 5.41 Å². The first-order valence-electron chi connectivity index (χ1n) is 11.4. The second-order valence-electron chi connectivity index (χ2n) is 9.00. The Bertz CT molecular complexity index is 1090. The molecule has 1 atom stereocenters. The van der Waals surface area contributed by atoms with Crippen LogP contribution in [0.4, 0.5) is 4.39 Å². The first kappa shape index (κ1) is 23.1. The van der Waals surface area contributed by atoms with Crippen molar-refractivity contribution in [3.8, 4) is 28.4 Å². The zero-order valence-corrected chi connectivity index (χ0v) is 19.4. The molecule has 0 spiro atoms. The van der Waals surface area contributed by atoms with Crippen molar-refractivity contribution in [3.63, 3.8) is 0 Å². The smallest absolute Gasteiger partial charge is 0.131 e. The largest absolute Gasteiger partial charge is 0.497 e. The number of aliphatic hydroxyl groups excluding tert-OH is 1. The van der Waals surface area contributed by atoms with Crippen LogP contribution in [0.15, 0.2) is 60.7 Å². The molecular weight excluding hydrogens is 419 g/mol. The Kier molecular flexibility index (Phi) is 6.89. The molecule has 5 heteroatoms. The Balaban J connectivity index is 1.69. The number of aliphatic hydroxyl groups is 1. The molecule has 0 amide bonds. The summed E-state index contributed by atoms with van der Waals surface area (Å²) < 4.78 is 31.4. The molecule has 1 saturated carbocycles. The minimum Gasteiger partial charge on any atom is -0.497 e. The normalized spacial score (nSPS) is 15.8. The Morgan fingerprint density at radius 1 is 0.848 bits per heavy atom. The van der Waals surface area contributed by atoms with E-state index in [1.807, 2.05) is 42.5 Å². The van der Waals surface area contributed by atoms with E-state index in [1.54, 1.807) is 26.4 Å². The number of rotatable bonds is 8. The maximum atomic E-state index is 14.9. The topological polar surface area (TPSA) is 47.9 Å². The van der Waals surface area contributed by atoms with Gasteiger partial charge < -0.3 is 19.3 Å². The molecule has 3 aromatic rings. The number of methoxy groups -OCH3 is 2. The average molecular weight is 451 g/mol. The van der Waals surface area contributed by atoms with Gasteiger partial charge in [-0.25, -0.2) is 4.39 Å². The molecule has 4 rings (SSSR count). The van der Waals surface area contributed by atoms with Crippen LogP contribution >= 0.6 is 0 Å². The first-order valence-corrected chi connectivity index (χ1v) is 11.4. The number of hydrogen-bond donors (Lipinski definition) is 1. The lowest BCUT2D eigenvalue weighted by atomic mass is 9.77. The third-order valence-electron chi connectivity index (χ3n) is 6.75. The summed E-state index contributed by atoms with van der Waals surface area (Å²) in [6.45, 7) is 2.49. The van der Waals surface area contributed by atoms with Gasteiger partial charge in [0.1, 0.15) is 29.7 Å². The Morgan fingerprint density at radius 2 is 1.48 bits per heavy atom.